The molecule has 0 spiro atoms. The molecule has 4 saturated heterocycles. The van der Waals surface area contributed by atoms with Crippen LogP contribution in [0.5, 0.6) is 0 Å². The number of carbonyl (C=O) groups is 10. The molecule has 0 bridgehead atoms. The van der Waals surface area contributed by atoms with Crippen LogP contribution < -0.4 is 64.2 Å². The number of likely N-dealkylation sites (tertiary alicyclic amines) is 4. The Morgan fingerprint density at radius 1 is 0.369 bits per heavy atom. The summed E-state index contributed by atoms with van der Waals surface area (Å²) < 4.78 is 15.5. The largest absolute Gasteiger partial charge is 0.466 e. The summed E-state index contributed by atoms with van der Waals surface area (Å²) in [5.41, 5.74) is 11.9. The highest BCUT2D eigenvalue weighted by atomic mass is 16.5. The van der Waals surface area contributed by atoms with Crippen LogP contribution in [0.2, 0.25) is 0 Å². The number of aryl methyl sites for hydroxylation is 4. The van der Waals surface area contributed by atoms with Gasteiger partial charge in [0.25, 0.3) is 0 Å². The number of ether oxygens (including phenoxy) is 2. The van der Waals surface area contributed by atoms with Crippen molar-refractivity contribution < 1.29 is 57.4 Å². The van der Waals surface area contributed by atoms with Crippen molar-refractivity contribution in [3.8, 4) is 0 Å². The van der Waals surface area contributed by atoms with Gasteiger partial charge in [0.2, 0.25) is 23.6 Å². The van der Waals surface area contributed by atoms with Crippen molar-refractivity contribution in [3.05, 3.63) is 95.1 Å². The Bertz CT molecular complexity index is 5650. The minimum atomic E-state index is -0.674. The third-order valence-corrected chi connectivity index (χ3v) is 29.6. The Hall–Kier alpha value is -11.5. The second-order valence-electron chi connectivity index (χ2n) is 42.9. The zero-order valence-electron chi connectivity index (χ0n) is 85.8. The number of aromatic nitrogens is 8. The average Bonchev–Trinajstić information content (AvgIpc) is 1.65. The van der Waals surface area contributed by atoms with E-state index in [4.69, 9.17) is 15.2 Å². The van der Waals surface area contributed by atoms with Gasteiger partial charge in [0, 0.05) is 116 Å². The first-order valence-corrected chi connectivity index (χ1v) is 52.1. The number of esters is 2. The first kappa shape index (κ1) is 105. The van der Waals surface area contributed by atoms with E-state index >= 15 is 0 Å². The number of nitrogens with zero attached hydrogens (tertiary/aromatic N) is 12. The number of anilines is 4. The van der Waals surface area contributed by atoms with Gasteiger partial charge in [0.05, 0.1) is 97.5 Å². The molecule has 4 aromatic carbocycles. The summed E-state index contributed by atoms with van der Waals surface area (Å²) in [6.07, 6.45) is 25.3. The minimum absolute atomic E-state index is 0.00618. The van der Waals surface area contributed by atoms with Crippen LogP contribution in [0.25, 0.3) is 43.6 Å². The number of nitrogens with two attached hydrogens (primary N) is 1. The zero-order valence-corrected chi connectivity index (χ0v) is 85.8. The number of hydrogen-bond donors (Lipinski definition) is 12. The standard InChI is InChI=1S/C29H44N6O2.C27H40N6O4.C26H40N6O2.C23H32N6O4/c1-19(2)31-29(37)35-26-14-9-20(3)15-25(26)28(33-35)30-16-27(36)32-23-17-34(18-23)24-12-10-22(11-13-24)21-7-5-4-6-8-21;1-6-37-25(35)18-8-10-20(11-9-18)32-15-19(16-32)29-23(34)14-28-24-21-13-17(2)7-12-22(21)33(31-24)26(36)30-27(3,4)5;1-16(2)19-7-9-21(10-8-19)31-14-20(15-31)29-24(33)13-27-25-22-12-18(5)6-11-23(22)32(30-25)26(34)28-17(3)4;1-3-33-22(31)15-5-7-17(8-6-15)28-12-16(13-28)26-20(30)11-25-21-18-10-14(2)4-9-19(18)29(27-21)23(24)32/h9,14-15,19,21-24H,4-8,10-13,16-18H2,1-3H3,(H,30,33)(H,31,37)(H,32,36);7,12-13,18-20H,6,8-11,14-16H2,1-5H3,(H,28,31)(H,29,34)(H,30,36);6,11-12,16-17,19-21H,7-10,13-15H2,1-5H3,(H,27,30)(H,28,34)(H,29,33);4,9-10,15-17H,3,5-8,11-13H2,1-2H3,(H2,24,32)(H,25,27)(H,26,30). The van der Waals surface area contributed by atoms with Crippen LogP contribution in [0.3, 0.4) is 0 Å². The molecule has 5 aliphatic carbocycles. The Kier molecular flexibility index (Phi) is 35.9. The molecule has 5 saturated carbocycles. The van der Waals surface area contributed by atoms with Crippen molar-refractivity contribution in [1.29, 1.82) is 0 Å². The highest BCUT2D eigenvalue weighted by molar-refractivity contribution is 6.02. The predicted molar refractivity (Wildman–Crippen MR) is 550 cm³/mol. The van der Waals surface area contributed by atoms with E-state index in [2.05, 4.69) is 112 Å². The average molecular weight is 1950 g/mol. The second kappa shape index (κ2) is 48.1. The minimum Gasteiger partial charge on any atom is -0.466 e. The number of amides is 8. The molecule has 141 heavy (non-hydrogen) atoms. The van der Waals surface area contributed by atoms with Crippen LogP contribution in [-0.4, -0.2) is 276 Å². The molecule has 0 unspecified atom stereocenters. The van der Waals surface area contributed by atoms with E-state index in [1.165, 1.54) is 97.5 Å². The van der Waals surface area contributed by atoms with Gasteiger partial charge in [0.15, 0.2) is 23.3 Å². The lowest BCUT2D eigenvalue weighted by atomic mass is 9.72. The van der Waals surface area contributed by atoms with E-state index in [0.717, 1.165) is 181 Å². The number of hydrogen-bond acceptors (Lipinski definition) is 24. The summed E-state index contributed by atoms with van der Waals surface area (Å²) in [4.78, 5) is 134. The van der Waals surface area contributed by atoms with Gasteiger partial charge >= 0.3 is 36.1 Å². The Morgan fingerprint density at radius 2 is 0.645 bits per heavy atom. The fourth-order valence-corrected chi connectivity index (χ4v) is 22.0. The third kappa shape index (κ3) is 27.9. The van der Waals surface area contributed by atoms with Gasteiger partial charge in [-0.1, -0.05) is 92.5 Å². The van der Waals surface area contributed by atoms with Gasteiger partial charge in [-0.25, -0.2) is 19.2 Å². The van der Waals surface area contributed by atoms with Gasteiger partial charge < -0.3 is 73.7 Å². The maximum atomic E-state index is 12.8. The summed E-state index contributed by atoms with van der Waals surface area (Å²) in [7, 11) is 0. The maximum absolute atomic E-state index is 12.8. The monoisotopic (exact) mass is 1950 g/mol. The van der Waals surface area contributed by atoms with E-state index < -0.39 is 11.6 Å². The van der Waals surface area contributed by atoms with Crippen LogP contribution in [0.1, 0.15) is 233 Å². The van der Waals surface area contributed by atoms with Gasteiger partial charge in [-0.2, -0.15) is 18.7 Å². The van der Waals surface area contributed by atoms with E-state index in [0.29, 0.717) is 77.2 Å². The molecule has 36 heteroatoms. The Balaban J connectivity index is 0.000000150. The topological polar surface area (TPSA) is 432 Å². The van der Waals surface area contributed by atoms with Crippen LogP contribution in [0.15, 0.2) is 72.8 Å². The Labute approximate surface area is 829 Å². The molecule has 8 amide bonds. The summed E-state index contributed by atoms with van der Waals surface area (Å²) in [5, 5.41) is 54.5. The summed E-state index contributed by atoms with van der Waals surface area (Å²) in [5.74, 6) is 5.28. The first-order valence-electron chi connectivity index (χ1n) is 52.1. The molecule has 768 valence electrons. The SMILES string of the molecule is CCOC(=O)C1CCC(N2CC(NC(=O)CNc3nn(C(=O)NC(C)(C)C)c4ccc(C)cc34)C2)CC1.CCOC(=O)C1CCC(N2CC(NC(=O)CNc3nn(C(N)=O)c4ccc(C)cc34)C2)CC1.Cc1ccc2c(c1)c(NCC(=O)NC1CN(C3CCC(C(C)C)CC3)C1)nn2C(=O)NC(C)C.Cc1ccc2c(c1)c(NCC(=O)NC1CN(C3CCC(C4CCCCC4)CC3)C1)nn2C(=O)NC(C)C. The van der Waals surface area contributed by atoms with E-state index in [1.54, 1.807) is 6.07 Å². The molecule has 4 aliphatic heterocycles. The van der Waals surface area contributed by atoms with Crippen molar-refractivity contribution in [3.63, 3.8) is 0 Å². The fourth-order valence-electron chi connectivity index (χ4n) is 22.0. The van der Waals surface area contributed by atoms with Crippen LogP contribution in [0, 0.1) is 63.2 Å². The van der Waals surface area contributed by atoms with Gasteiger partial charge in [-0.15, -0.1) is 20.4 Å². The smallest absolute Gasteiger partial charge is 0.343 e. The maximum Gasteiger partial charge on any atom is 0.343 e. The molecule has 8 heterocycles. The van der Waals surface area contributed by atoms with Gasteiger partial charge in [0.1, 0.15) is 0 Å². The van der Waals surface area contributed by atoms with E-state index in [1.807, 2.05) is 157 Å². The van der Waals surface area contributed by atoms with Crippen molar-refractivity contribution in [2.75, 3.05) is 113 Å². The van der Waals surface area contributed by atoms with Gasteiger partial charge in [-0.3, -0.25) is 48.4 Å². The van der Waals surface area contributed by atoms with Gasteiger partial charge in [-0.05, 0) is 265 Å². The van der Waals surface area contributed by atoms with Crippen LogP contribution >= 0.6 is 0 Å². The summed E-state index contributed by atoms with van der Waals surface area (Å²) in [6, 6.07) is 24.5. The lowest BCUT2D eigenvalue weighted by molar-refractivity contribution is -0.150. The summed E-state index contributed by atoms with van der Waals surface area (Å²) in [6.45, 7) is 38.0. The molecule has 9 aliphatic rings. The molecule has 9 fully saturated rings. The Morgan fingerprint density at radius 3 is 0.929 bits per heavy atom. The number of rotatable bonds is 28. The lowest BCUT2D eigenvalue weighted by Gasteiger charge is -2.47. The number of benzene rings is 4. The third-order valence-electron chi connectivity index (χ3n) is 29.6. The highest BCUT2D eigenvalue weighted by Gasteiger charge is 2.42. The normalized spacial score (nSPS) is 21.9. The van der Waals surface area contributed by atoms with E-state index in [9.17, 15) is 47.9 Å². The molecule has 4 aromatic heterocycles. The highest BCUT2D eigenvalue weighted by Crippen LogP contribution is 2.42. The molecule has 17 rings (SSSR count). The van der Waals surface area contributed by atoms with Crippen LogP contribution in [0.4, 0.5) is 42.4 Å². The quantitative estimate of drug-likeness (QED) is 0.0203. The molecular weight excluding hydrogens is 1790 g/mol. The fraction of sp³-hybridized carbons (Fsp3) is 0.638. The molecule has 13 N–H and O–H groups in total. The molecule has 0 radical (unpaired) electrons. The number of carbonyl (C=O) groups excluding carboxylic acids is 10. The van der Waals surface area contributed by atoms with Crippen molar-refractivity contribution in [2.24, 2.45) is 41.2 Å². The predicted octanol–water partition coefficient (Wildman–Crippen LogP) is 13.0. The molecule has 36 nitrogen and oxygen atoms in total. The van der Waals surface area contributed by atoms with Crippen LogP contribution in [-0.2, 0) is 38.2 Å². The molecular formula is C105H156N24O12. The number of primary amides is 1. The number of fused-ring (bicyclic) bond motifs is 4. The van der Waals surface area contributed by atoms with Crippen molar-refractivity contribution >= 4 is 127 Å². The van der Waals surface area contributed by atoms with E-state index in [-0.39, 0.29) is 128 Å². The van der Waals surface area contributed by atoms with Crippen molar-refractivity contribution in [1.82, 2.24) is 95.9 Å². The lowest BCUT2D eigenvalue weighted by Crippen LogP contribution is -2.63. The summed E-state index contributed by atoms with van der Waals surface area (Å²) >= 11 is 0. The first-order chi connectivity index (χ1) is 67.5. The second-order valence-corrected chi connectivity index (χ2v) is 42.9. The zero-order chi connectivity index (χ0) is 101. The van der Waals surface area contributed by atoms with Crippen molar-refractivity contribution in [2.45, 2.75) is 305 Å². The molecule has 8 aromatic rings. The number of nitrogens with one attached hydrogen (secondary N) is 11. The molecule has 0 atom stereocenters.